The third kappa shape index (κ3) is 4.03. The molecule has 0 spiro atoms. The van der Waals surface area contributed by atoms with E-state index in [4.69, 9.17) is 4.74 Å². The van der Waals surface area contributed by atoms with Gasteiger partial charge < -0.3 is 4.74 Å². The maximum Gasteiger partial charge on any atom is 0.418 e. The highest BCUT2D eigenvalue weighted by Gasteiger charge is 2.09. The first-order valence-electron chi connectivity index (χ1n) is 7.45. The van der Waals surface area contributed by atoms with Gasteiger partial charge in [0.25, 0.3) is 0 Å². The zero-order valence-electron chi connectivity index (χ0n) is 12.8. The number of carbonyl (C=O) groups is 1. The number of benzene rings is 1. The number of hydrogen-bond donors (Lipinski definition) is 1. The van der Waals surface area contributed by atoms with E-state index >= 15 is 0 Å². The summed E-state index contributed by atoms with van der Waals surface area (Å²) in [7, 11) is 0. The summed E-state index contributed by atoms with van der Waals surface area (Å²) >= 11 is 0. The van der Waals surface area contributed by atoms with Crippen LogP contribution in [0.25, 0.3) is 5.57 Å². The van der Waals surface area contributed by atoms with Crippen LogP contribution in [0.3, 0.4) is 0 Å². The quantitative estimate of drug-likeness (QED) is 0.928. The second kappa shape index (κ2) is 6.87. The van der Waals surface area contributed by atoms with Gasteiger partial charge in [-0.05, 0) is 30.0 Å². The molecule has 3 rings (SSSR count). The molecule has 5 nitrogen and oxygen atoms in total. The summed E-state index contributed by atoms with van der Waals surface area (Å²) in [6.45, 7) is 2.16. The number of nitrogens with zero attached hydrogens (tertiary/aromatic N) is 2. The Bertz CT molecular complexity index is 737. The number of anilines is 1. The predicted molar refractivity (Wildman–Crippen MR) is 89.0 cm³/mol. The van der Waals surface area contributed by atoms with Gasteiger partial charge in [0.05, 0.1) is 18.1 Å². The van der Waals surface area contributed by atoms with E-state index in [1.54, 1.807) is 30.5 Å². The van der Waals surface area contributed by atoms with Crippen LogP contribution >= 0.6 is 0 Å². The fraction of sp³-hybridized carbons (Fsp3) is 0.167. The first-order valence-corrected chi connectivity index (χ1v) is 7.45. The van der Waals surface area contributed by atoms with Crippen LogP contribution in [-0.2, 0) is 0 Å². The van der Waals surface area contributed by atoms with Gasteiger partial charge in [0.1, 0.15) is 5.75 Å². The molecule has 23 heavy (non-hydrogen) atoms. The highest BCUT2D eigenvalue weighted by molar-refractivity contribution is 5.85. The number of amides is 1. The molecule has 5 heteroatoms. The Morgan fingerprint density at radius 3 is 2.74 bits per heavy atom. The summed E-state index contributed by atoms with van der Waals surface area (Å²) in [6.07, 6.45) is 9.96. The van der Waals surface area contributed by atoms with Gasteiger partial charge in [-0.25, -0.2) is 9.78 Å². The molecule has 0 radical (unpaired) electrons. The average molecular weight is 307 g/mol. The van der Waals surface area contributed by atoms with Gasteiger partial charge in [0.15, 0.2) is 5.82 Å². The fourth-order valence-corrected chi connectivity index (χ4v) is 2.28. The van der Waals surface area contributed by atoms with E-state index in [2.05, 4.69) is 34.4 Å². The van der Waals surface area contributed by atoms with Crippen molar-refractivity contribution in [3.8, 4) is 5.75 Å². The van der Waals surface area contributed by atoms with Gasteiger partial charge >= 0.3 is 6.09 Å². The molecule has 1 unspecified atom stereocenters. The number of carbonyl (C=O) groups excluding carboxylic acids is 1. The number of allylic oxidation sites excluding steroid dienone is 4. The zero-order valence-corrected chi connectivity index (χ0v) is 12.8. The highest BCUT2D eigenvalue weighted by atomic mass is 16.6. The maximum atomic E-state index is 11.8. The SMILES string of the molecule is CC1C=C(c2cnc(NC(=O)Oc3ccccc3)cn2)C=CC1. The third-order valence-electron chi connectivity index (χ3n) is 3.40. The van der Waals surface area contributed by atoms with Crippen LogP contribution < -0.4 is 10.1 Å². The van der Waals surface area contributed by atoms with E-state index in [0.29, 0.717) is 17.5 Å². The van der Waals surface area contributed by atoms with Crippen LogP contribution in [0.2, 0.25) is 0 Å². The lowest BCUT2D eigenvalue weighted by Crippen LogP contribution is -2.17. The lowest BCUT2D eigenvalue weighted by Gasteiger charge is -2.12. The Hall–Kier alpha value is -2.95. The summed E-state index contributed by atoms with van der Waals surface area (Å²) in [5.74, 6) is 1.32. The number of nitrogens with one attached hydrogen (secondary N) is 1. The number of ether oxygens (including phenoxy) is 1. The molecule has 1 atom stereocenters. The van der Waals surface area contributed by atoms with Crippen LogP contribution in [0.4, 0.5) is 10.6 Å². The molecule has 1 aliphatic carbocycles. The molecule has 1 N–H and O–H groups in total. The Balaban J connectivity index is 1.63. The summed E-state index contributed by atoms with van der Waals surface area (Å²) in [5, 5.41) is 2.56. The Kier molecular flexibility index (Phi) is 4.47. The lowest BCUT2D eigenvalue weighted by atomic mass is 9.96. The minimum atomic E-state index is -0.594. The van der Waals surface area contributed by atoms with E-state index in [-0.39, 0.29) is 0 Å². The molecule has 0 aliphatic heterocycles. The van der Waals surface area contributed by atoms with Gasteiger partial charge in [-0.3, -0.25) is 10.3 Å². The van der Waals surface area contributed by atoms with Crippen molar-refractivity contribution in [2.24, 2.45) is 5.92 Å². The summed E-state index contributed by atoms with van der Waals surface area (Å²) in [4.78, 5) is 20.3. The van der Waals surface area contributed by atoms with Crippen LogP contribution in [0.5, 0.6) is 5.75 Å². The second-order valence-electron chi connectivity index (χ2n) is 5.35. The first-order chi connectivity index (χ1) is 11.2. The van der Waals surface area contributed by atoms with Crippen molar-refractivity contribution in [2.75, 3.05) is 5.32 Å². The Labute approximate surface area is 134 Å². The Morgan fingerprint density at radius 2 is 2.04 bits per heavy atom. The van der Waals surface area contributed by atoms with Gasteiger partial charge in [0.2, 0.25) is 0 Å². The highest BCUT2D eigenvalue weighted by Crippen LogP contribution is 2.23. The molecule has 1 amide bonds. The smallest absolute Gasteiger partial charge is 0.410 e. The Morgan fingerprint density at radius 1 is 1.22 bits per heavy atom. The summed E-state index contributed by atoms with van der Waals surface area (Å²) in [5.41, 5.74) is 1.84. The molecular weight excluding hydrogens is 290 g/mol. The number of para-hydroxylation sites is 1. The molecule has 1 heterocycles. The predicted octanol–water partition coefficient (Wildman–Crippen LogP) is 4.07. The molecule has 0 fully saturated rings. The van der Waals surface area contributed by atoms with Crippen molar-refractivity contribution >= 4 is 17.5 Å². The van der Waals surface area contributed by atoms with Crippen LogP contribution in [-0.4, -0.2) is 16.1 Å². The molecule has 116 valence electrons. The molecule has 0 saturated carbocycles. The topological polar surface area (TPSA) is 64.1 Å². The van der Waals surface area contributed by atoms with Crippen molar-refractivity contribution in [3.05, 3.63) is 66.6 Å². The average Bonchev–Trinajstić information content (AvgIpc) is 2.56. The van der Waals surface area contributed by atoms with Crippen molar-refractivity contribution in [3.63, 3.8) is 0 Å². The fourth-order valence-electron chi connectivity index (χ4n) is 2.28. The van der Waals surface area contributed by atoms with Gasteiger partial charge in [0, 0.05) is 0 Å². The first kappa shape index (κ1) is 15.0. The van der Waals surface area contributed by atoms with E-state index in [1.807, 2.05) is 12.1 Å². The number of rotatable bonds is 3. The van der Waals surface area contributed by atoms with Crippen molar-refractivity contribution in [1.29, 1.82) is 0 Å². The standard InChI is InChI=1S/C18H17N3O2/c1-13-6-5-7-14(10-13)16-11-20-17(12-19-16)21-18(22)23-15-8-3-2-4-9-15/h2-5,7-13H,6H2,1H3,(H,20,21,22). The molecule has 1 aromatic heterocycles. The lowest BCUT2D eigenvalue weighted by molar-refractivity contribution is 0.215. The van der Waals surface area contributed by atoms with Crippen molar-refractivity contribution < 1.29 is 9.53 Å². The van der Waals surface area contributed by atoms with E-state index in [1.165, 1.54) is 6.20 Å². The van der Waals surface area contributed by atoms with E-state index in [9.17, 15) is 4.79 Å². The summed E-state index contributed by atoms with van der Waals surface area (Å²) in [6, 6.07) is 8.85. The molecule has 2 aromatic rings. The van der Waals surface area contributed by atoms with Crippen molar-refractivity contribution in [1.82, 2.24) is 9.97 Å². The van der Waals surface area contributed by atoms with E-state index < -0.39 is 6.09 Å². The van der Waals surface area contributed by atoms with Crippen molar-refractivity contribution in [2.45, 2.75) is 13.3 Å². The molecular formula is C18H17N3O2. The molecule has 1 aromatic carbocycles. The maximum absolute atomic E-state index is 11.8. The largest absolute Gasteiger partial charge is 0.418 e. The monoisotopic (exact) mass is 307 g/mol. The minimum Gasteiger partial charge on any atom is -0.410 e. The van der Waals surface area contributed by atoms with Crippen LogP contribution in [0.1, 0.15) is 19.0 Å². The second-order valence-corrected chi connectivity index (χ2v) is 5.35. The third-order valence-corrected chi connectivity index (χ3v) is 3.40. The van der Waals surface area contributed by atoms with Gasteiger partial charge in [-0.1, -0.05) is 43.4 Å². The summed E-state index contributed by atoms with van der Waals surface area (Å²) < 4.78 is 5.14. The van der Waals surface area contributed by atoms with Crippen LogP contribution in [0.15, 0.2) is 61.0 Å². The van der Waals surface area contributed by atoms with Gasteiger partial charge in [-0.2, -0.15) is 0 Å². The zero-order chi connectivity index (χ0) is 16.1. The van der Waals surface area contributed by atoms with E-state index in [0.717, 1.165) is 17.7 Å². The minimum absolute atomic E-state index is 0.350. The number of hydrogen-bond acceptors (Lipinski definition) is 4. The number of aromatic nitrogens is 2. The van der Waals surface area contributed by atoms with Gasteiger partial charge in [-0.15, -0.1) is 0 Å². The molecule has 1 aliphatic rings. The molecule has 0 saturated heterocycles. The van der Waals surface area contributed by atoms with Crippen LogP contribution in [0, 0.1) is 5.92 Å². The normalized spacial score (nSPS) is 16.6. The molecule has 0 bridgehead atoms.